The Hall–Kier alpha value is -1.14. The number of amides is 1. The first-order valence-corrected chi connectivity index (χ1v) is 9.08. The Labute approximate surface area is 165 Å². The molecular weight excluding hydrogens is 377 g/mol. The van der Waals surface area contributed by atoms with Crippen LogP contribution in [0.3, 0.4) is 0 Å². The number of aromatic nitrogens is 1. The molecule has 2 aromatic rings. The van der Waals surface area contributed by atoms with Crippen LogP contribution >= 0.6 is 36.2 Å². The van der Waals surface area contributed by atoms with Crippen LogP contribution < -0.4 is 10.6 Å². The van der Waals surface area contributed by atoms with Crippen LogP contribution in [0.1, 0.15) is 36.0 Å². The van der Waals surface area contributed by atoms with Gasteiger partial charge in [0.15, 0.2) is 0 Å². The molecule has 0 saturated carbocycles. The van der Waals surface area contributed by atoms with Gasteiger partial charge in [-0.05, 0) is 31.9 Å². The summed E-state index contributed by atoms with van der Waals surface area (Å²) in [6, 6.07) is 10.9. The molecule has 1 aromatic heterocycles. The minimum absolute atomic E-state index is 0. The number of thiazole rings is 1. The van der Waals surface area contributed by atoms with Crippen molar-refractivity contribution in [1.82, 2.24) is 15.6 Å². The third kappa shape index (κ3) is 6.59. The molecule has 2 atom stereocenters. The van der Waals surface area contributed by atoms with Gasteiger partial charge in [0, 0.05) is 23.9 Å². The average molecular weight is 402 g/mol. The van der Waals surface area contributed by atoms with Crippen LogP contribution in [0.2, 0.25) is 0 Å². The number of nitrogens with zero attached hydrogens (tertiary/aromatic N) is 1. The SMILES string of the molecule is CC1NCCCC1NC(=O)Cc1csc(Cc2ccccc2)n1.Cl.Cl. The minimum atomic E-state index is 0. The van der Waals surface area contributed by atoms with Crippen LogP contribution in [-0.4, -0.2) is 29.5 Å². The molecule has 2 heterocycles. The van der Waals surface area contributed by atoms with Gasteiger partial charge >= 0.3 is 0 Å². The van der Waals surface area contributed by atoms with E-state index in [-0.39, 0.29) is 36.8 Å². The number of carbonyl (C=O) groups is 1. The van der Waals surface area contributed by atoms with Crippen LogP contribution in [0.5, 0.6) is 0 Å². The fourth-order valence-corrected chi connectivity index (χ4v) is 3.77. The zero-order chi connectivity index (χ0) is 16.1. The monoisotopic (exact) mass is 401 g/mol. The van der Waals surface area contributed by atoms with Gasteiger partial charge in [-0.2, -0.15) is 0 Å². The zero-order valence-corrected chi connectivity index (χ0v) is 16.7. The zero-order valence-electron chi connectivity index (χ0n) is 14.2. The first-order chi connectivity index (χ1) is 11.2. The number of piperidine rings is 1. The molecule has 0 spiro atoms. The van der Waals surface area contributed by atoms with Gasteiger partial charge in [-0.15, -0.1) is 36.2 Å². The number of hydrogen-bond acceptors (Lipinski definition) is 4. The second-order valence-corrected chi connectivity index (χ2v) is 7.07. The highest BCUT2D eigenvalue weighted by Gasteiger charge is 2.22. The van der Waals surface area contributed by atoms with Crippen molar-refractivity contribution in [2.75, 3.05) is 6.54 Å². The van der Waals surface area contributed by atoms with E-state index in [1.807, 2.05) is 23.6 Å². The number of rotatable bonds is 5. The standard InChI is InChI=1S/C18H23N3OS.2ClH/c1-13-16(8-5-9-19-13)21-17(22)11-15-12-23-18(20-15)10-14-6-3-2-4-7-14;;/h2-4,6-7,12-13,16,19H,5,8-11H2,1H3,(H,21,22);2*1H. The Morgan fingerprint density at radius 2 is 2.08 bits per heavy atom. The fourth-order valence-electron chi connectivity index (χ4n) is 2.95. The molecule has 2 N–H and O–H groups in total. The molecule has 25 heavy (non-hydrogen) atoms. The van der Waals surface area contributed by atoms with Gasteiger partial charge in [-0.3, -0.25) is 4.79 Å². The van der Waals surface area contributed by atoms with Gasteiger partial charge in [-0.25, -0.2) is 4.98 Å². The van der Waals surface area contributed by atoms with Crippen molar-refractivity contribution in [3.63, 3.8) is 0 Å². The fraction of sp³-hybridized carbons (Fsp3) is 0.444. The molecule has 0 bridgehead atoms. The van der Waals surface area contributed by atoms with E-state index in [0.717, 1.165) is 36.5 Å². The van der Waals surface area contributed by atoms with Crippen LogP contribution in [-0.2, 0) is 17.6 Å². The molecule has 4 nitrogen and oxygen atoms in total. The van der Waals surface area contributed by atoms with Crippen molar-refractivity contribution in [3.05, 3.63) is 52.0 Å². The van der Waals surface area contributed by atoms with E-state index < -0.39 is 0 Å². The second kappa shape index (κ2) is 10.8. The number of hydrogen-bond donors (Lipinski definition) is 2. The summed E-state index contributed by atoms with van der Waals surface area (Å²) in [5, 5.41) is 9.61. The minimum Gasteiger partial charge on any atom is -0.351 e. The normalized spacial score (nSPS) is 19.4. The molecule has 2 unspecified atom stereocenters. The number of halogens is 2. The molecule has 1 aromatic carbocycles. The summed E-state index contributed by atoms with van der Waals surface area (Å²) in [6.07, 6.45) is 3.37. The summed E-state index contributed by atoms with van der Waals surface area (Å²) in [4.78, 5) is 16.8. The summed E-state index contributed by atoms with van der Waals surface area (Å²) in [7, 11) is 0. The topological polar surface area (TPSA) is 54.0 Å². The molecule has 1 fully saturated rings. The molecule has 1 amide bonds. The number of benzene rings is 1. The van der Waals surface area contributed by atoms with Gasteiger partial charge in [0.25, 0.3) is 0 Å². The highest BCUT2D eigenvalue weighted by Crippen LogP contribution is 2.15. The Morgan fingerprint density at radius 1 is 1.32 bits per heavy atom. The molecule has 7 heteroatoms. The lowest BCUT2D eigenvalue weighted by Gasteiger charge is -2.30. The molecule has 1 saturated heterocycles. The summed E-state index contributed by atoms with van der Waals surface area (Å²) < 4.78 is 0. The lowest BCUT2D eigenvalue weighted by Crippen LogP contribution is -2.52. The number of nitrogens with one attached hydrogen (secondary N) is 2. The first kappa shape index (κ1) is 21.9. The largest absolute Gasteiger partial charge is 0.351 e. The van der Waals surface area contributed by atoms with E-state index in [1.165, 1.54) is 5.56 Å². The van der Waals surface area contributed by atoms with E-state index in [4.69, 9.17) is 0 Å². The van der Waals surface area contributed by atoms with Crippen molar-refractivity contribution in [2.24, 2.45) is 0 Å². The van der Waals surface area contributed by atoms with Gasteiger partial charge < -0.3 is 10.6 Å². The van der Waals surface area contributed by atoms with Gasteiger partial charge in [0.2, 0.25) is 5.91 Å². The van der Waals surface area contributed by atoms with E-state index >= 15 is 0 Å². The highest BCUT2D eigenvalue weighted by atomic mass is 35.5. The lowest BCUT2D eigenvalue weighted by molar-refractivity contribution is -0.121. The predicted molar refractivity (Wildman–Crippen MR) is 108 cm³/mol. The molecule has 0 aliphatic carbocycles. The van der Waals surface area contributed by atoms with Gasteiger partial charge in [0.05, 0.1) is 17.1 Å². The van der Waals surface area contributed by atoms with Crippen molar-refractivity contribution >= 4 is 42.1 Å². The Kier molecular flexibility index (Phi) is 9.43. The van der Waals surface area contributed by atoms with Crippen LogP contribution in [0.15, 0.2) is 35.7 Å². The van der Waals surface area contributed by atoms with E-state index in [0.29, 0.717) is 12.5 Å². The molecule has 138 valence electrons. The Balaban J connectivity index is 0.00000156. The van der Waals surface area contributed by atoms with Crippen LogP contribution in [0.25, 0.3) is 0 Å². The van der Waals surface area contributed by atoms with Gasteiger partial charge in [0.1, 0.15) is 0 Å². The van der Waals surface area contributed by atoms with Crippen LogP contribution in [0.4, 0.5) is 0 Å². The summed E-state index contributed by atoms with van der Waals surface area (Å²) in [5.74, 6) is 0.0714. The second-order valence-electron chi connectivity index (χ2n) is 6.13. The first-order valence-electron chi connectivity index (χ1n) is 8.20. The van der Waals surface area contributed by atoms with E-state index in [9.17, 15) is 4.79 Å². The average Bonchev–Trinajstić information content (AvgIpc) is 2.97. The van der Waals surface area contributed by atoms with E-state index in [2.05, 4.69) is 34.7 Å². The maximum Gasteiger partial charge on any atom is 0.226 e. The van der Waals surface area contributed by atoms with Crippen molar-refractivity contribution < 1.29 is 4.79 Å². The van der Waals surface area contributed by atoms with Crippen LogP contribution in [0, 0.1) is 0 Å². The van der Waals surface area contributed by atoms with Crippen molar-refractivity contribution in [1.29, 1.82) is 0 Å². The summed E-state index contributed by atoms with van der Waals surface area (Å²) in [5.41, 5.74) is 2.12. The number of carbonyl (C=O) groups excluding carboxylic acids is 1. The molecule has 1 aliphatic rings. The maximum atomic E-state index is 12.2. The van der Waals surface area contributed by atoms with Crippen molar-refractivity contribution in [3.8, 4) is 0 Å². The Morgan fingerprint density at radius 3 is 2.80 bits per heavy atom. The molecule has 0 radical (unpaired) electrons. The van der Waals surface area contributed by atoms with E-state index in [1.54, 1.807) is 11.3 Å². The maximum absolute atomic E-state index is 12.2. The smallest absolute Gasteiger partial charge is 0.226 e. The molecular formula is C18H25Cl2N3OS. The van der Waals surface area contributed by atoms with Crippen molar-refractivity contribution in [2.45, 2.75) is 44.7 Å². The third-order valence-corrected chi connectivity index (χ3v) is 5.14. The quantitative estimate of drug-likeness (QED) is 0.806. The summed E-state index contributed by atoms with van der Waals surface area (Å²) >= 11 is 1.63. The lowest BCUT2D eigenvalue weighted by atomic mass is 10.00. The Bertz CT molecular complexity index is 651. The highest BCUT2D eigenvalue weighted by molar-refractivity contribution is 7.09. The molecule has 1 aliphatic heterocycles. The predicted octanol–water partition coefficient (Wildman–Crippen LogP) is 3.38. The summed E-state index contributed by atoms with van der Waals surface area (Å²) in [6.45, 7) is 3.17. The van der Waals surface area contributed by atoms with Gasteiger partial charge in [-0.1, -0.05) is 30.3 Å². The molecule has 3 rings (SSSR count). The third-order valence-electron chi connectivity index (χ3n) is 4.25.